The largest absolute Gasteiger partial charge is 0.391 e. The number of aromatic amines is 1. The van der Waals surface area contributed by atoms with Crippen LogP contribution in [0.25, 0.3) is 33.2 Å². The molecule has 7 N–H and O–H groups in total. The molecule has 6 rings (SSSR count). The van der Waals surface area contributed by atoms with Crippen LogP contribution in [0.2, 0.25) is 0 Å². The smallest absolute Gasteiger partial charge is 0.245 e. The van der Waals surface area contributed by atoms with Gasteiger partial charge in [-0.05, 0) is 101 Å². The third-order valence-electron chi connectivity index (χ3n) is 11.7. The Bertz CT molecular complexity index is 2140. The fourth-order valence-corrected chi connectivity index (χ4v) is 8.44. The van der Waals surface area contributed by atoms with Gasteiger partial charge in [0.2, 0.25) is 23.6 Å². The Kier molecular flexibility index (Phi) is 13.5. The first-order valence-electron chi connectivity index (χ1n) is 20.2. The zero-order valence-corrected chi connectivity index (χ0v) is 33.8. The highest BCUT2D eigenvalue weighted by Crippen LogP contribution is 2.38. The van der Waals surface area contributed by atoms with Crippen molar-refractivity contribution in [1.29, 1.82) is 0 Å². The summed E-state index contributed by atoms with van der Waals surface area (Å²) in [5, 5.41) is 34.8. The van der Waals surface area contributed by atoms with Crippen LogP contribution >= 0.6 is 0 Å². The summed E-state index contributed by atoms with van der Waals surface area (Å²) < 4.78 is 31.7. The Morgan fingerprint density at radius 3 is 2.14 bits per heavy atom. The van der Waals surface area contributed by atoms with Crippen molar-refractivity contribution in [3.05, 3.63) is 59.7 Å². The lowest BCUT2D eigenvalue weighted by molar-refractivity contribution is -0.138. The molecule has 0 unspecified atom stereocenters. The van der Waals surface area contributed by atoms with Gasteiger partial charge in [0.15, 0.2) is 0 Å². The molecule has 58 heavy (non-hydrogen) atoms. The van der Waals surface area contributed by atoms with E-state index in [9.17, 15) is 33.8 Å². The summed E-state index contributed by atoms with van der Waals surface area (Å²) >= 11 is 0. The number of aliphatic hydroxyl groups is 2. The number of hydrogen-bond acceptors (Lipinski definition) is 8. The molecule has 4 heterocycles. The average molecular weight is 807 g/mol. The van der Waals surface area contributed by atoms with E-state index >= 15 is 4.39 Å². The molecule has 2 aliphatic rings. The average Bonchev–Trinajstić information content (AvgIpc) is 3.96. The second-order valence-corrected chi connectivity index (χ2v) is 15.6. The number of likely N-dealkylation sites (N-methyl/N-ethyl adjacent to an activating group) is 1. The Labute approximate surface area is 336 Å². The van der Waals surface area contributed by atoms with Crippen molar-refractivity contribution >= 4 is 45.4 Å². The number of carbonyl (C=O) groups is 4. The summed E-state index contributed by atoms with van der Waals surface area (Å²) in [6.45, 7) is 6.06. The van der Waals surface area contributed by atoms with E-state index in [1.54, 1.807) is 49.9 Å². The number of H-pyrrole nitrogens is 1. The molecule has 4 aromatic rings. The fourth-order valence-electron chi connectivity index (χ4n) is 8.44. The van der Waals surface area contributed by atoms with Crippen molar-refractivity contribution in [2.45, 2.75) is 108 Å². The van der Waals surface area contributed by atoms with E-state index in [0.29, 0.717) is 52.6 Å². The second-order valence-electron chi connectivity index (χ2n) is 15.6. The number of amides is 4. The molecule has 2 fully saturated rings. The van der Waals surface area contributed by atoms with Gasteiger partial charge in [-0.25, -0.2) is 8.78 Å². The molecule has 2 aliphatic heterocycles. The van der Waals surface area contributed by atoms with E-state index in [4.69, 9.17) is 0 Å². The van der Waals surface area contributed by atoms with E-state index < -0.39 is 54.1 Å². The molecule has 0 radical (unpaired) electrons. The summed E-state index contributed by atoms with van der Waals surface area (Å²) in [4.78, 5) is 60.1. The molecular weight excluding hydrogens is 751 g/mol. The first-order chi connectivity index (χ1) is 27.8. The van der Waals surface area contributed by atoms with Crippen LogP contribution in [0.3, 0.4) is 0 Å². The van der Waals surface area contributed by atoms with Crippen molar-refractivity contribution in [3.63, 3.8) is 0 Å². The minimum absolute atomic E-state index is 0.0554. The van der Waals surface area contributed by atoms with E-state index in [0.717, 1.165) is 5.56 Å². The number of rotatable bonds is 16. The van der Waals surface area contributed by atoms with Crippen LogP contribution in [0.15, 0.2) is 42.5 Å². The predicted molar refractivity (Wildman–Crippen MR) is 217 cm³/mol. The van der Waals surface area contributed by atoms with Gasteiger partial charge >= 0.3 is 0 Å². The lowest BCUT2D eigenvalue weighted by atomic mass is 9.98. The summed E-state index contributed by atoms with van der Waals surface area (Å²) in [6.07, 6.45) is 0.0334. The molecule has 2 saturated heterocycles. The van der Waals surface area contributed by atoms with E-state index in [1.165, 1.54) is 24.3 Å². The van der Waals surface area contributed by atoms with Crippen LogP contribution in [0.1, 0.15) is 58.4 Å². The molecule has 0 aliphatic carbocycles. The highest BCUT2D eigenvalue weighted by Gasteiger charge is 2.40. The number of benzene rings is 2. The maximum Gasteiger partial charge on any atom is 0.245 e. The van der Waals surface area contributed by atoms with Crippen LogP contribution in [0.4, 0.5) is 8.78 Å². The van der Waals surface area contributed by atoms with Gasteiger partial charge in [-0.3, -0.25) is 19.2 Å². The minimum Gasteiger partial charge on any atom is -0.391 e. The highest BCUT2D eigenvalue weighted by molar-refractivity contribution is 5.95. The Morgan fingerprint density at radius 2 is 1.48 bits per heavy atom. The van der Waals surface area contributed by atoms with Crippen molar-refractivity contribution in [1.82, 2.24) is 40.6 Å². The molecule has 2 aromatic heterocycles. The zero-order valence-electron chi connectivity index (χ0n) is 33.8. The maximum absolute atomic E-state index is 15.0. The van der Waals surface area contributed by atoms with Crippen LogP contribution in [-0.4, -0.2) is 129 Å². The van der Waals surface area contributed by atoms with Crippen LogP contribution in [-0.2, 0) is 32.1 Å². The standard InChI is InChI=1S/C42H56F2N8O6/c1-6-33(47-38(55)12-13-45-4)41(57)50-21-29(53)17-27(50)19-32-31-11-10-25(43)15-35(31)48-39(32)37-14-24-8-9-26(44)16-36(24)52(37)20-28-18-30(54)22-51(28)42(58)34(7-2)49-40(56)23(3)46-5/h8-11,14-16,23,27-30,33-34,45-46,48,53-54H,6-7,12-13,17-22H2,1-5H3,(H,47,55)(H,49,56)/t23-,27-,28+,29-,30-,33-,34-/m0/s1. The number of halogens is 2. The van der Waals surface area contributed by atoms with Gasteiger partial charge in [0, 0.05) is 54.9 Å². The molecule has 16 heteroatoms. The Balaban J connectivity index is 1.39. The maximum atomic E-state index is 15.0. The number of aliphatic hydroxyl groups excluding tert-OH is 2. The van der Waals surface area contributed by atoms with Gasteiger partial charge in [0.25, 0.3) is 0 Å². The number of nitrogens with one attached hydrogen (secondary N) is 5. The third-order valence-corrected chi connectivity index (χ3v) is 11.7. The van der Waals surface area contributed by atoms with Gasteiger partial charge in [0.1, 0.15) is 23.7 Å². The lowest BCUT2D eigenvalue weighted by Crippen LogP contribution is -2.53. The number of β-amino-alcohol motifs (C(OH)–C–C–N with tert-alkyl or cyclic N) is 2. The van der Waals surface area contributed by atoms with E-state index in [-0.39, 0.29) is 68.9 Å². The van der Waals surface area contributed by atoms with Crippen LogP contribution in [0.5, 0.6) is 0 Å². The molecule has 4 amide bonds. The van der Waals surface area contributed by atoms with E-state index in [1.807, 2.05) is 17.6 Å². The SMILES string of the molecule is CC[C@H](NC(=O)CCNC)C(=O)N1C[C@@H](O)C[C@H]1Cc1c(-c2cc3ccc(F)cc3n2C[C@H]2C[C@H](O)CN2C(=O)[C@H](CC)NC(=O)[C@H](C)NC)[nH]c2cc(F)ccc12. The molecule has 0 saturated carbocycles. The number of likely N-dealkylation sites (tertiary alicyclic amines) is 2. The predicted octanol–water partition coefficient (Wildman–Crippen LogP) is 2.54. The topological polar surface area (TPSA) is 184 Å². The number of nitrogens with zero attached hydrogens (tertiary/aromatic N) is 3. The Morgan fingerprint density at radius 1 is 0.862 bits per heavy atom. The van der Waals surface area contributed by atoms with E-state index in [2.05, 4.69) is 26.3 Å². The molecule has 314 valence electrons. The van der Waals surface area contributed by atoms with Crippen molar-refractivity contribution < 1.29 is 38.2 Å². The third kappa shape index (κ3) is 9.04. The summed E-state index contributed by atoms with van der Waals surface area (Å²) in [7, 11) is 3.39. The zero-order chi connectivity index (χ0) is 41.8. The van der Waals surface area contributed by atoms with Crippen molar-refractivity contribution in [2.24, 2.45) is 0 Å². The molecule has 2 aromatic carbocycles. The quantitative estimate of drug-likeness (QED) is 0.0902. The molecule has 0 bridgehead atoms. The van der Waals surface area contributed by atoms with Gasteiger partial charge in [-0.15, -0.1) is 0 Å². The molecule has 7 atom stereocenters. The summed E-state index contributed by atoms with van der Waals surface area (Å²) in [5.41, 5.74) is 2.99. The first kappa shape index (κ1) is 42.7. The van der Waals surface area contributed by atoms with Crippen molar-refractivity contribution in [3.8, 4) is 11.4 Å². The summed E-state index contributed by atoms with van der Waals surface area (Å²) in [5.74, 6) is -2.15. The second kappa shape index (κ2) is 18.4. The van der Waals surface area contributed by atoms with Gasteiger partial charge in [-0.1, -0.05) is 13.8 Å². The molecular formula is C42H56F2N8O6. The normalized spacial score (nSPS) is 21.1. The highest BCUT2D eigenvalue weighted by atomic mass is 19.1. The lowest BCUT2D eigenvalue weighted by Gasteiger charge is -2.30. The van der Waals surface area contributed by atoms with Gasteiger partial charge < -0.3 is 50.8 Å². The minimum atomic E-state index is -0.829. The molecule has 0 spiro atoms. The Hall–Kier alpha value is -4.90. The monoisotopic (exact) mass is 806 g/mol. The van der Waals surface area contributed by atoms with Crippen LogP contribution in [0, 0.1) is 11.6 Å². The number of hydrogen-bond donors (Lipinski definition) is 7. The number of aromatic nitrogens is 2. The number of fused-ring (bicyclic) bond motifs is 2. The fraction of sp³-hybridized carbons (Fsp3) is 0.524. The first-order valence-corrected chi connectivity index (χ1v) is 20.2. The summed E-state index contributed by atoms with van der Waals surface area (Å²) in [6, 6.07) is 7.59. The van der Waals surface area contributed by atoms with Crippen molar-refractivity contribution in [2.75, 3.05) is 33.7 Å². The van der Waals surface area contributed by atoms with Gasteiger partial charge in [0.05, 0.1) is 41.2 Å². The van der Waals surface area contributed by atoms with Gasteiger partial charge in [-0.2, -0.15) is 0 Å². The number of carbonyl (C=O) groups excluding carboxylic acids is 4. The van der Waals surface area contributed by atoms with Crippen LogP contribution < -0.4 is 21.3 Å². The molecule has 14 nitrogen and oxygen atoms in total.